The predicted octanol–water partition coefficient (Wildman–Crippen LogP) is 2.77. The molecule has 0 bridgehead atoms. The van der Waals surface area contributed by atoms with Gasteiger partial charge in [-0.05, 0) is 48.2 Å². The van der Waals surface area contributed by atoms with Crippen LogP contribution in [0.4, 0.5) is 0 Å². The Labute approximate surface area is 192 Å². The molecule has 0 atom stereocenters. The third kappa shape index (κ3) is 7.53. The average molecular weight is 453 g/mol. The highest BCUT2D eigenvalue weighted by Crippen LogP contribution is 2.23. The van der Waals surface area contributed by atoms with Crippen LogP contribution in [0, 0.1) is 0 Å². The van der Waals surface area contributed by atoms with Crippen LogP contribution >= 0.6 is 0 Å². The quantitative estimate of drug-likeness (QED) is 0.413. The van der Waals surface area contributed by atoms with Crippen LogP contribution < -0.4 is 14.2 Å². The van der Waals surface area contributed by atoms with Crippen LogP contribution in [0.3, 0.4) is 0 Å². The van der Waals surface area contributed by atoms with Crippen LogP contribution in [0.2, 0.25) is 0 Å². The maximum absolute atomic E-state index is 9.47. The van der Waals surface area contributed by atoms with E-state index in [1.54, 1.807) is 61.4 Å². The molecule has 0 fully saturated rings. The molecule has 0 radical (unpaired) electrons. The van der Waals surface area contributed by atoms with Gasteiger partial charge in [-0.25, -0.2) is 0 Å². The molecule has 0 saturated carbocycles. The summed E-state index contributed by atoms with van der Waals surface area (Å²) in [6.45, 7) is 1.52. The molecule has 2 aromatic carbocycles. The number of benzene rings is 2. The average Bonchev–Trinajstić information content (AvgIpc) is 3.55. The van der Waals surface area contributed by atoms with Crippen LogP contribution in [0.25, 0.3) is 0 Å². The molecule has 0 aliphatic rings. The van der Waals surface area contributed by atoms with Gasteiger partial charge in [0.2, 0.25) is 0 Å². The molecule has 4 aromatic rings. The van der Waals surface area contributed by atoms with Crippen molar-refractivity contribution in [2.45, 2.75) is 25.9 Å². The SMILES string of the molecule is COc1cc(CCn2ccnn2)cc(OC)c1.COc1cc(O)cc(CCn2ccnn2)c1. The Morgan fingerprint density at radius 3 is 1.55 bits per heavy atom. The Hall–Kier alpha value is -4.08. The number of phenolic OH excluding ortho intramolecular Hbond substituents is 1. The van der Waals surface area contributed by atoms with Gasteiger partial charge in [0.05, 0.1) is 33.7 Å². The number of nitrogens with zero attached hydrogens (tertiary/aromatic N) is 6. The first-order valence-electron chi connectivity index (χ1n) is 10.4. The minimum Gasteiger partial charge on any atom is -0.508 e. The van der Waals surface area contributed by atoms with E-state index in [-0.39, 0.29) is 5.75 Å². The van der Waals surface area contributed by atoms with Crippen LogP contribution in [0.1, 0.15) is 11.1 Å². The number of phenols is 1. The van der Waals surface area contributed by atoms with Crippen molar-refractivity contribution in [1.82, 2.24) is 30.0 Å². The fraction of sp³-hybridized carbons (Fsp3) is 0.304. The summed E-state index contributed by atoms with van der Waals surface area (Å²) in [5.74, 6) is 2.48. The third-order valence-electron chi connectivity index (χ3n) is 4.80. The van der Waals surface area contributed by atoms with E-state index in [1.807, 2.05) is 30.5 Å². The minimum absolute atomic E-state index is 0.216. The van der Waals surface area contributed by atoms with Crippen molar-refractivity contribution in [1.29, 1.82) is 0 Å². The number of aromatic hydroxyl groups is 1. The molecule has 0 aliphatic heterocycles. The summed E-state index contributed by atoms with van der Waals surface area (Å²) in [7, 11) is 4.88. The Bertz CT molecular complexity index is 1080. The fourth-order valence-electron chi connectivity index (χ4n) is 3.11. The molecule has 2 heterocycles. The van der Waals surface area contributed by atoms with Crippen LogP contribution in [0.5, 0.6) is 23.0 Å². The number of ether oxygens (including phenoxy) is 3. The lowest BCUT2D eigenvalue weighted by Crippen LogP contribution is -2.02. The number of aryl methyl sites for hydroxylation is 4. The van der Waals surface area contributed by atoms with Gasteiger partial charge in [0, 0.05) is 37.6 Å². The molecule has 10 nitrogen and oxygen atoms in total. The summed E-state index contributed by atoms with van der Waals surface area (Å²) in [5.41, 5.74) is 2.16. The molecular formula is C23H28N6O4. The van der Waals surface area contributed by atoms with E-state index in [9.17, 15) is 5.11 Å². The molecule has 174 valence electrons. The molecule has 0 amide bonds. The Morgan fingerprint density at radius 2 is 1.12 bits per heavy atom. The zero-order valence-electron chi connectivity index (χ0n) is 19.0. The molecule has 0 spiro atoms. The standard InChI is InChI=1S/C12H15N3O2.C11H13N3O2/c1-16-11-7-10(8-12(9-11)17-2)3-5-15-6-4-13-14-15;1-16-11-7-9(6-10(15)8-11)2-4-14-5-3-12-13-14/h4,6-9H,3,5H2,1-2H3;3,5-8,15H,2,4H2,1H3. The highest BCUT2D eigenvalue weighted by molar-refractivity contribution is 5.38. The molecule has 10 heteroatoms. The monoisotopic (exact) mass is 452 g/mol. The van der Waals surface area contributed by atoms with E-state index in [1.165, 1.54) is 0 Å². The first-order valence-corrected chi connectivity index (χ1v) is 10.4. The smallest absolute Gasteiger partial charge is 0.122 e. The third-order valence-corrected chi connectivity index (χ3v) is 4.80. The van der Waals surface area contributed by atoms with Crippen molar-refractivity contribution in [2.24, 2.45) is 0 Å². The lowest BCUT2D eigenvalue weighted by Gasteiger charge is -2.08. The molecule has 2 aromatic heterocycles. The van der Waals surface area contributed by atoms with Crippen LogP contribution in [0.15, 0.2) is 61.2 Å². The van der Waals surface area contributed by atoms with Gasteiger partial charge in [-0.1, -0.05) is 10.4 Å². The number of rotatable bonds is 9. The second-order valence-corrected chi connectivity index (χ2v) is 7.09. The van der Waals surface area contributed by atoms with Gasteiger partial charge in [0.15, 0.2) is 0 Å². The second-order valence-electron chi connectivity index (χ2n) is 7.09. The summed E-state index contributed by atoms with van der Waals surface area (Å²) >= 11 is 0. The maximum atomic E-state index is 9.47. The van der Waals surface area contributed by atoms with Crippen LogP contribution in [-0.2, 0) is 25.9 Å². The highest BCUT2D eigenvalue weighted by Gasteiger charge is 2.03. The summed E-state index contributed by atoms with van der Waals surface area (Å²) in [4.78, 5) is 0. The predicted molar refractivity (Wildman–Crippen MR) is 122 cm³/mol. The van der Waals surface area contributed by atoms with Gasteiger partial charge >= 0.3 is 0 Å². The number of methoxy groups -OCH3 is 3. The topological polar surface area (TPSA) is 109 Å². The van der Waals surface area contributed by atoms with E-state index in [0.29, 0.717) is 5.75 Å². The van der Waals surface area contributed by atoms with Crippen molar-refractivity contribution < 1.29 is 19.3 Å². The van der Waals surface area contributed by atoms with Crippen molar-refractivity contribution >= 4 is 0 Å². The van der Waals surface area contributed by atoms with Crippen LogP contribution in [-0.4, -0.2) is 56.4 Å². The lowest BCUT2D eigenvalue weighted by molar-refractivity contribution is 0.393. The van der Waals surface area contributed by atoms with Gasteiger partial charge in [0.25, 0.3) is 0 Å². The molecular weight excluding hydrogens is 424 g/mol. The van der Waals surface area contributed by atoms with Crippen molar-refractivity contribution in [3.63, 3.8) is 0 Å². The Morgan fingerprint density at radius 1 is 0.667 bits per heavy atom. The zero-order valence-corrected chi connectivity index (χ0v) is 19.0. The number of aromatic nitrogens is 6. The van der Waals surface area contributed by atoms with Gasteiger partial charge in [0.1, 0.15) is 23.0 Å². The van der Waals surface area contributed by atoms with Gasteiger partial charge < -0.3 is 19.3 Å². The molecule has 33 heavy (non-hydrogen) atoms. The molecule has 0 aliphatic carbocycles. The van der Waals surface area contributed by atoms with Crippen molar-refractivity contribution in [2.75, 3.05) is 21.3 Å². The summed E-state index contributed by atoms with van der Waals surface area (Å²) in [6, 6.07) is 11.1. The highest BCUT2D eigenvalue weighted by atomic mass is 16.5. The van der Waals surface area contributed by atoms with E-state index in [0.717, 1.165) is 48.6 Å². The summed E-state index contributed by atoms with van der Waals surface area (Å²) < 4.78 is 19.1. The normalized spacial score (nSPS) is 10.3. The molecule has 1 N–H and O–H groups in total. The van der Waals surface area contributed by atoms with E-state index < -0.39 is 0 Å². The van der Waals surface area contributed by atoms with Gasteiger partial charge in [-0.15, -0.1) is 10.2 Å². The molecule has 0 saturated heterocycles. The Balaban J connectivity index is 0.000000186. The maximum Gasteiger partial charge on any atom is 0.122 e. The number of hydrogen-bond donors (Lipinski definition) is 1. The van der Waals surface area contributed by atoms with Crippen molar-refractivity contribution in [3.05, 3.63) is 72.3 Å². The lowest BCUT2D eigenvalue weighted by atomic mass is 10.1. The molecule has 4 rings (SSSR count). The van der Waals surface area contributed by atoms with E-state index in [2.05, 4.69) is 20.6 Å². The summed E-state index contributed by atoms with van der Waals surface area (Å²) in [5, 5.41) is 24.7. The van der Waals surface area contributed by atoms with Crippen molar-refractivity contribution in [3.8, 4) is 23.0 Å². The molecule has 0 unspecified atom stereocenters. The first-order chi connectivity index (χ1) is 16.1. The number of hydrogen-bond acceptors (Lipinski definition) is 8. The summed E-state index contributed by atoms with van der Waals surface area (Å²) in [6.07, 6.45) is 8.59. The first kappa shape index (κ1) is 23.6. The van der Waals surface area contributed by atoms with E-state index >= 15 is 0 Å². The zero-order chi connectivity index (χ0) is 23.5. The Kier molecular flexibility index (Phi) is 8.63. The second kappa shape index (κ2) is 12.1. The van der Waals surface area contributed by atoms with Gasteiger partial charge in [-0.3, -0.25) is 9.36 Å². The minimum atomic E-state index is 0.216. The largest absolute Gasteiger partial charge is 0.508 e. The fourth-order valence-corrected chi connectivity index (χ4v) is 3.11. The van der Waals surface area contributed by atoms with Gasteiger partial charge in [-0.2, -0.15) is 0 Å². The van der Waals surface area contributed by atoms with E-state index in [4.69, 9.17) is 14.2 Å².